The van der Waals surface area contributed by atoms with Crippen LogP contribution in [0.5, 0.6) is 0 Å². The predicted octanol–water partition coefficient (Wildman–Crippen LogP) is 7.67. The quantitative estimate of drug-likeness (QED) is 0.225. The Balaban J connectivity index is 1.74. The summed E-state index contributed by atoms with van der Waals surface area (Å²) in [5.41, 5.74) is 1.67. The Kier molecular flexibility index (Phi) is 11.3. The lowest BCUT2D eigenvalue weighted by atomic mass is 10.1. The Labute approximate surface area is 273 Å². The summed E-state index contributed by atoms with van der Waals surface area (Å²) in [7, 11) is -4.24. The van der Waals surface area contributed by atoms with Crippen molar-refractivity contribution in [2.75, 3.05) is 10.8 Å². The standard InChI is InChI=1S/C31H33Cl4N3O4S/c1-3-29(31(40)36-22-6-4-5-7-22)37(18-21-10-14-25(32)27(34)16-21)30(39)19-38(23-11-15-26(33)28(35)17-23)43(41,42)24-12-8-20(2)9-13-24/h8-17,22,29H,3-7,18-19H2,1-2H3,(H,36,40)/t29-/m0/s1. The van der Waals surface area contributed by atoms with Gasteiger partial charge in [0.15, 0.2) is 0 Å². The highest BCUT2D eigenvalue weighted by Gasteiger charge is 2.34. The van der Waals surface area contributed by atoms with Gasteiger partial charge >= 0.3 is 0 Å². The first-order chi connectivity index (χ1) is 20.4. The van der Waals surface area contributed by atoms with E-state index >= 15 is 0 Å². The van der Waals surface area contributed by atoms with Crippen molar-refractivity contribution in [2.45, 2.75) is 69.5 Å². The van der Waals surface area contributed by atoms with Gasteiger partial charge in [0.1, 0.15) is 12.6 Å². The number of hydrogen-bond donors (Lipinski definition) is 1. The van der Waals surface area contributed by atoms with Gasteiger partial charge in [0.2, 0.25) is 11.8 Å². The van der Waals surface area contributed by atoms with E-state index in [2.05, 4.69) is 5.32 Å². The first-order valence-corrected chi connectivity index (χ1v) is 16.9. The van der Waals surface area contributed by atoms with E-state index in [9.17, 15) is 18.0 Å². The molecule has 12 heteroatoms. The van der Waals surface area contributed by atoms with Crippen molar-refractivity contribution in [1.29, 1.82) is 0 Å². The third-order valence-electron chi connectivity index (χ3n) is 7.50. The highest BCUT2D eigenvalue weighted by atomic mass is 35.5. The molecule has 0 aliphatic heterocycles. The molecule has 3 aromatic carbocycles. The number of rotatable bonds is 11. The molecule has 0 radical (unpaired) electrons. The average molecular weight is 686 g/mol. The summed E-state index contributed by atoms with van der Waals surface area (Å²) < 4.78 is 29.0. The van der Waals surface area contributed by atoms with Gasteiger partial charge in [-0.15, -0.1) is 0 Å². The second-order valence-electron chi connectivity index (χ2n) is 10.6. The maximum atomic E-state index is 14.2. The Morgan fingerprint density at radius 3 is 2.07 bits per heavy atom. The average Bonchev–Trinajstić information content (AvgIpc) is 3.48. The van der Waals surface area contributed by atoms with E-state index < -0.39 is 28.5 Å². The highest BCUT2D eigenvalue weighted by Crippen LogP contribution is 2.31. The van der Waals surface area contributed by atoms with E-state index in [0.29, 0.717) is 22.0 Å². The van der Waals surface area contributed by atoms with Crippen molar-refractivity contribution in [2.24, 2.45) is 0 Å². The molecule has 0 unspecified atom stereocenters. The Morgan fingerprint density at radius 2 is 1.49 bits per heavy atom. The summed E-state index contributed by atoms with van der Waals surface area (Å²) >= 11 is 24.8. The zero-order chi connectivity index (χ0) is 31.3. The van der Waals surface area contributed by atoms with Crippen LogP contribution in [0.15, 0.2) is 65.6 Å². The second kappa shape index (κ2) is 14.5. The zero-order valence-corrected chi connectivity index (χ0v) is 27.7. The van der Waals surface area contributed by atoms with Gasteiger partial charge in [0.25, 0.3) is 10.0 Å². The molecule has 0 saturated heterocycles. The van der Waals surface area contributed by atoms with Gasteiger partial charge in [-0.1, -0.05) is 89.9 Å². The Hall–Kier alpha value is -2.49. The molecule has 4 rings (SSSR count). The van der Waals surface area contributed by atoms with Gasteiger partial charge in [-0.2, -0.15) is 0 Å². The van der Waals surface area contributed by atoms with E-state index in [-0.39, 0.29) is 39.1 Å². The zero-order valence-electron chi connectivity index (χ0n) is 23.8. The summed E-state index contributed by atoms with van der Waals surface area (Å²) in [6, 6.07) is 14.8. The first kappa shape index (κ1) is 33.4. The number of sulfonamides is 1. The molecule has 2 amide bonds. The van der Waals surface area contributed by atoms with Crippen LogP contribution in [0.2, 0.25) is 20.1 Å². The minimum absolute atomic E-state index is 0.000904. The minimum atomic E-state index is -4.24. The van der Waals surface area contributed by atoms with Crippen molar-refractivity contribution in [1.82, 2.24) is 10.2 Å². The molecule has 0 spiro atoms. The lowest BCUT2D eigenvalue weighted by Gasteiger charge is -2.34. The number of halogens is 4. The van der Waals surface area contributed by atoms with Crippen LogP contribution >= 0.6 is 46.4 Å². The fourth-order valence-corrected chi connectivity index (χ4v) is 7.15. The summed E-state index contributed by atoms with van der Waals surface area (Å²) in [5, 5.41) is 4.11. The predicted molar refractivity (Wildman–Crippen MR) is 174 cm³/mol. The van der Waals surface area contributed by atoms with Gasteiger partial charge in [-0.05, 0) is 74.2 Å². The maximum absolute atomic E-state index is 14.2. The molecule has 3 aromatic rings. The normalized spacial score (nSPS) is 14.4. The summed E-state index contributed by atoms with van der Waals surface area (Å²) in [6.45, 7) is 3.07. The molecule has 0 aromatic heterocycles. The number of nitrogens with one attached hydrogen (secondary N) is 1. The van der Waals surface area contributed by atoms with E-state index in [1.54, 1.807) is 30.3 Å². The highest BCUT2D eigenvalue weighted by molar-refractivity contribution is 7.92. The van der Waals surface area contributed by atoms with Gasteiger partial charge in [-0.25, -0.2) is 8.42 Å². The fourth-order valence-electron chi connectivity index (χ4n) is 5.13. The number of carbonyl (C=O) groups excluding carboxylic acids is 2. The number of hydrogen-bond acceptors (Lipinski definition) is 4. The molecule has 1 fully saturated rings. The van der Waals surface area contributed by atoms with E-state index in [1.165, 1.54) is 35.2 Å². The molecule has 1 saturated carbocycles. The lowest BCUT2D eigenvalue weighted by molar-refractivity contribution is -0.140. The summed E-state index contributed by atoms with van der Waals surface area (Å²) in [6.07, 6.45) is 4.13. The molecule has 0 heterocycles. The molecule has 230 valence electrons. The van der Waals surface area contributed by atoms with E-state index in [4.69, 9.17) is 46.4 Å². The molecule has 0 bridgehead atoms. The van der Waals surface area contributed by atoms with Gasteiger partial charge in [-0.3, -0.25) is 13.9 Å². The maximum Gasteiger partial charge on any atom is 0.264 e. The van der Waals surface area contributed by atoms with Crippen molar-refractivity contribution in [3.8, 4) is 0 Å². The number of carbonyl (C=O) groups is 2. The fraction of sp³-hybridized carbons (Fsp3) is 0.355. The summed E-state index contributed by atoms with van der Waals surface area (Å²) in [5.74, 6) is -0.869. The smallest absolute Gasteiger partial charge is 0.264 e. The lowest BCUT2D eigenvalue weighted by Crippen LogP contribution is -2.53. The van der Waals surface area contributed by atoms with Crippen molar-refractivity contribution in [3.05, 3.63) is 91.9 Å². The number of nitrogens with zero attached hydrogens (tertiary/aromatic N) is 2. The number of anilines is 1. The summed E-state index contributed by atoms with van der Waals surface area (Å²) in [4.78, 5) is 29.2. The van der Waals surface area contributed by atoms with Gasteiger partial charge in [0, 0.05) is 12.6 Å². The molecule has 1 N–H and O–H groups in total. The number of benzene rings is 3. The Bertz CT molecular complexity index is 1580. The van der Waals surface area contributed by atoms with Crippen molar-refractivity contribution < 1.29 is 18.0 Å². The van der Waals surface area contributed by atoms with Crippen LogP contribution in [0.1, 0.15) is 50.2 Å². The van der Waals surface area contributed by atoms with Crippen LogP contribution in [-0.4, -0.2) is 43.8 Å². The molecule has 1 aliphatic rings. The van der Waals surface area contributed by atoms with Gasteiger partial charge < -0.3 is 10.2 Å². The van der Waals surface area contributed by atoms with Crippen LogP contribution in [0.3, 0.4) is 0 Å². The second-order valence-corrected chi connectivity index (χ2v) is 14.1. The SMILES string of the molecule is CC[C@@H](C(=O)NC1CCCC1)N(Cc1ccc(Cl)c(Cl)c1)C(=O)CN(c1ccc(Cl)c(Cl)c1)S(=O)(=O)c1ccc(C)cc1. The number of aryl methyl sites for hydroxylation is 1. The molecule has 1 aliphatic carbocycles. The van der Waals surface area contributed by atoms with Crippen LogP contribution in [0, 0.1) is 6.92 Å². The molecule has 7 nitrogen and oxygen atoms in total. The molecular formula is C31H33Cl4N3O4S. The van der Waals surface area contributed by atoms with Crippen molar-refractivity contribution >= 4 is 73.9 Å². The largest absolute Gasteiger partial charge is 0.352 e. The number of amides is 2. The minimum Gasteiger partial charge on any atom is -0.352 e. The van der Waals surface area contributed by atoms with E-state index in [0.717, 1.165) is 35.6 Å². The Morgan fingerprint density at radius 1 is 0.884 bits per heavy atom. The van der Waals surface area contributed by atoms with Crippen LogP contribution in [0.4, 0.5) is 5.69 Å². The third kappa shape index (κ3) is 8.17. The van der Waals surface area contributed by atoms with Crippen LogP contribution in [-0.2, 0) is 26.2 Å². The van der Waals surface area contributed by atoms with Crippen LogP contribution in [0.25, 0.3) is 0 Å². The molecule has 1 atom stereocenters. The van der Waals surface area contributed by atoms with E-state index in [1.807, 2.05) is 13.8 Å². The third-order valence-corrected chi connectivity index (χ3v) is 10.8. The van der Waals surface area contributed by atoms with Crippen LogP contribution < -0.4 is 9.62 Å². The molecular weight excluding hydrogens is 652 g/mol. The first-order valence-electron chi connectivity index (χ1n) is 14.0. The monoisotopic (exact) mass is 683 g/mol. The molecule has 43 heavy (non-hydrogen) atoms. The van der Waals surface area contributed by atoms with Gasteiger partial charge in [0.05, 0.1) is 30.7 Å². The van der Waals surface area contributed by atoms with Crippen molar-refractivity contribution in [3.63, 3.8) is 0 Å². The topological polar surface area (TPSA) is 86.8 Å².